The molecule has 1 heterocycles. The number of rotatable bonds is 5. The summed E-state index contributed by atoms with van der Waals surface area (Å²) in [4.78, 5) is 14.2. The molecule has 0 spiro atoms. The minimum absolute atomic E-state index is 0.0870. The molecule has 98 valence electrons. The largest absolute Gasteiger partial charge is 0.364 e. The minimum Gasteiger partial charge on any atom is -0.364 e. The van der Waals surface area contributed by atoms with Gasteiger partial charge in [-0.15, -0.1) is 0 Å². The Bertz CT molecular complexity index is 590. The average molecular weight is 261 g/mol. The van der Waals surface area contributed by atoms with E-state index >= 15 is 0 Å². The van der Waals surface area contributed by atoms with Gasteiger partial charge in [-0.25, -0.2) is 9.37 Å². The van der Waals surface area contributed by atoms with Gasteiger partial charge in [0.25, 0.3) is 0 Å². The fourth-order valence-corrected chi connectivity index (χ4v) is 1.70. The van der Waals surface area contributed by atoms with Gasteiger partial charge in [-0.2, -0.15) is 0 Å². The molecule has 6 heteroatoms. The summed E-state index contributed by atoms with van der Waals surface area (Å²) in [6, 6.07) is 9.32. The number of anilines is 1. The monoisotopic (exact) mass is 261 g/mol. The SMILES string of the molecule is O=[N+]([O-])c1cccnc1NCCc1ccccc1F. The number of pyridine rings is 1. The van der Waals surface area contributed by atoms with Gasteiger partial charge in [0.15, 0.2) is 0 Å². The van der Waals surface area contributed by atoms with E-state index in [-0.39, 0.29) is 17.3 Å². The second-order valence-electron chi connectivity index (χ2n) is 3.90. The van der Waals surface area contributed by atoms with Crippen molar-refractivity contribution in [1.82, 2.24) is 4.98 Å². The molecule has 0 amide bonds. The van der Waals surface area contributed by atoms with E-state index in [0.29, 0.717) is 18.5 Å². The molecule has 0 fully saturated rings. The number of nitro groups is 1. The van der Waals surface area contributed by atoms with Crippen molar-refractivity contribution in [3.05, 3.63) is 64.1 Å². The van der Waals surface area contributed by atoms with Crippen LogP contribution in [0.3, 0.4) is 0 Å². The first-order valence-electron chi connectivity index (χ1n) is 5.75. The molecule has 1 aromatic heterocycles. The molecule has 0 aliphatic carbocycles. The van der Waals surface area contributed by atoms with E-state index in [1.165, 1.54) is 24.4 Å². The van der Waals surface area contributed by atoms with Crippen LogP contribution in [0.2, 0.25) is 0 Å². The fourth-order valence-electron chi connectivity index (χ4n) is 1.70. The van der Waals surface area contributed by atoms with Crippen LogP contribution in [0.4, 0.5) is 15.9 Å². The van der Waals surface area contributed by atoms with Crippen LogP contribution in [0.5, 0.6) is 0 Å². The molecule has 5 nitrogen and oxygen atoms in total. The second kappa shape index (κ2) is 5.90. The number of nitrogens with one attached hydrogen (secondary N) is 1. The summed E-state index contributed by atoms with van der Waals surface area (Å²) in [5.74, 6) is -0.0799. The number of hydrogen-bond donors (Lipinski definition) is 1. The van der Waals surface area contributed by atoms with Crippen LogP contribution >= 0.6 is 0 Å². The highest BCUT2D eigenvalue weighted by atomic mass is 19.1. The predicted molar refractivity (Wildman–Crippen MR) is 69.5 cm³/mol. The number of halogens is 1. The van der Waals surface area contributed by atoms with Crippen LogP contribution in [-0.4, -0.2) is 16.5 Å². The lowest BCUT2D eigenvalue weighted by Crippen LogP contribution is -2.09. The van der Waals surface area contributed by atoms with Crippen LogP contribution in [0, 0.1) is 15.9 Å². The Morgan fingerprint density at radius 2 is 2.05 bits per heavy atom. The zero-order valence-corrected chi connectivity index (χ0v) is 10.0. The van der Waals surface area contributed by atoms with Gasteiger partial charge < -0.3 is 5.32 Å². The first-order chi connectivity index (χ1) is 9.18. The third-order valence-corrected chi connectivity index (χ3v) is 2.63. The topological polar surface area (TPSA) is 68.1 Å². The van der Waals surface area contributed by atoms with Crippen molar-refractivity contribution in [2.45, 2.75) is 6.42 Å². The van der Waals surface area contributed by atoms with Gasteiger partial charge in [0.1, 0.15) is 5.82 Å². The summed E-state index contributed by atoms with van der Waals surface area (Å²) in [7, 11) is 0. The van der Waals surface area contributed by atoms with Gasteiger partial charge in [0.05, 0.1) is 4.92 Å². The van der Waals surface area contributed by atoms with Crippen LogP contribution in [0.15, 0.2) is 42.6 Å². The standard InChI is InChI=1S/C13H12FN3O2/c14-11-5-2-1-4-10(11)7-9-16-13-12(17(18)19)6-3-8-15-13/h1-6,8H,7,9H2,(H,15,16). The molecule has 0 aliphatic rings. The molecular formula is C13H12FN3O2. The molecule has 0 saturated carbocycles. The maximum Gasteiger partial charge on any atom is 0.311 e. The van der Waals surface area contributed by atoms with Crippen LogP contribution in [0.25, 0.3) is 0 Å². The normalized spacial score (nSPS) is 10.2. The van der Waals surface area contributed by atoms with Crippen molar-refractivity contribution >= 4 is 11.5 Å². The maximum atomic E-state index is 13.4. The fraction of sp³-hybridized carbons (Fsp3) is 0.154. The van der Waals surface area contributed by atoms with Gasteiger partial charge in [-0.1, -0.05) is 18.2 Å². The summed E-state index contributed by atoms with van der Waals surface area (Å²) in [6.45, 7) is 0.374. The molecule has 0 saturated heterocycles. The van der Waals surface area contributed by atoms with Gasteiger partial charge in [-0.05, 0) is 24.1 Å². The molecule has 2 rings (SSSR count). The highest BCUT2D eigenvalue weighted by Gasteiger charge is 2.13. The minimum atomic E-state index is -0.502. The average Bonchev–Trinajstić information content (AvgIpc) is 2.41. The van der Waals surface area contributed by atoms with E-state index in [9.17, 15) is 14.5 Å². The molecule has 0 unspecified atom stereocenters. The summed E-state index contributed by atoms with van der Waals surface area (Å²) in [5, 5.41) is 13.6. The third kappa shape index (κ3) is 3.25. The molecular weight excluding hydrogens is 249 g/mol. The quantitative estimate of drug-likeness (QED) is 0.663. The Labute approximate surface area is 109 Å². The van der Waals surface area contributed by atoms with Crippen LogP contribution < -0.4 is 5.32 Å². The van der Waals surface area contributed by atoms with Crippen molar-refractivity contribution < 1.29 is 9.31 Å². The van der Waals surface area contributed by atoms with Crippen molar-refractivity contribution in [2.24, 2.45) is 0 Å². The Hall–Kier alpha value is -2.50. The summed E-state index contributed by atoms with van der Waals surface area (Å²) in [5.41, 5.74) is 0.476. The van der Waals surface area contributed by atoms with Gasteiger partial charge >= 0.3 is 5.69 Å². The Kier molecular flexibility index (Phi) is 4.02. The zero-order valence-electron chi connectivity index (χ0n) is 10.0. The highest BCUT2D eigenvalue weighted by Crippen LogP contribution is 2.20. The van der Waals surface area contributed by atoms with Crippen LogP contribution in [0.1, 0.15) is 5.56 Å². The lowest BCUT2D eigenvalue weighted by Gasteiger charge is -2.06. The van der Waals surface area contributed by atoms with E-state index in [4.69, 9.17) is 0 Å². The van der Waals surface area contributed by atoms with E-state index in [0.717, 1.165) is 0 Å². The molecule has 0 bridgehead atoms. The Balaban J connectivity index is 2.00. The predicted octanol–water partition coefficient (Wildman–Crippen LogP) is 2.78. The lowest BCUT2D eigenvalue weighted by atomic mass is 10.1. The van der Waals surface area contributed by atoms with Gasteiger partial charge in [0.2, 0.25) is 5.82 Å². The summed E-state index contributed by atoms with van der Waals surface area (Å²) in [6.07, 6.45) is 1.90. The molecule has 1 N–H and O–H groups in total. The number of benzene rings is 1. The molecule has 1 aromatic carbocycles. The first-order valence-corrected chi connectivity index (χ1v) is 5.75. The molecule has 0 atom stereocenters. The number of aromatic nitrogens is 1. The van der Waals surface area contributed by atoms with Crippen molar-refractivity contribution in [1.29, 1.82) is 0 Å². The van der Waals surface area contributed by atoms with E-state index < -0.39 is 4.92 Å². The number of nitrogens with zero attached hydrogens (tertiary/aromatic N) is 2. The van der Waals surface area contributed by atoms with E-state index in [1.54, 1.807) is 18.2 Å². The lowest BCUT2D eigenvalue weighted by molar-refractivity contribution is -0.384. The van der Waals surface area contributed by atoms with Gasteiger partial charge in [-0.3, -0.25) is 10.1 Å². The van der Waals surface area contributed by atoms with Gasteiger partial charge in [0, 0.05) is 18.8 Å². The number of hydrogen-bond acceptors (Lipinski definition) is 4. The van der Waals surface area contributed by atoms with Crippen molar-refractivity contribution in [3.63, 3.8) is 0 Å². The van der Waals surface area contributed by atoms with E-state index in [2.05, 4.69) is 10.3 Å². The second-order valence-corrected chi connectivity index (χ2v) is 3.90. The third-order valence-electron chi connectivity index (χ3n) is 2.63. The molecule has 0 aliphatic heterocycles. The first kappa shape index (κ1) is 12.9. The zero-order chi connectivity index (χ0) is 13.7. The summed E-state index contributed by atoms with van der Waals surface area (Å²) < 4.78 is 13.4. The Morgan fingerprint density at radius 1 is 1.26 bits per heavy atom. The van der Waals surface area contributed by atoms with Crippen molar-refractivity contribution in [2.75, 3.05) is 11.9 Å². The maximum absolute atomic E-state index is 13.4. The van der Waals surface area contributed by atoms with E-state index in [1.807, 2.05) is 0 Å². The Morgan fingerprint density at radius 3 is 2.79 bits per heavy atom. The molecule has 19 heavy (non-hydrogen) atoms. The van der Waals surface area contributed by atoms with Crippen molar-refractivity contribution in [3.8, 4) is 0 Å². The van der Waals surface area contributed by atoms with Crippen LogP contribution in [-0.2, 0) is 6.42 Å². The molecule has 0 radical (unpaired) electrons. The molecule has 2 aromatic rings. The highest BCUT2D eigenvalue weighted by molar-refractivity contribution is 5.55. The summed E-state index contributed by atoms with van der Waals surface area (Å²) >= 11 is 0. The smallest absolute Gasteiger partial charge is 0.311 e.